The second-order valence-corrected chi connectivity index (χ2v) is 14.7. The Labute approximate surface area is 281 Å². The summed E-state index contributed by atoms with van der Waals surface area (Å²) in [5, 5.41) is 7.47. The smallest absolute Gasteiger partial charge is 0.140 e. The van der Waals surface area contributed by atoms with Gasteiger partial charge in [0.25, 0.3) is 0 Å². The molecule has 48 heavy (non-hydrogen) atoms. The van der Waals surface area contributed by atoms with Crippen molar-refractivity contribution in [1.29, 1.82) is 0 Å². The number of pyridine rings is 1. The van der Waals surface area contributed by atoms with Crippen LogP contribution in [0.1, 0.15) is 64.1 Å². The summed E-state index contributed by atoms with van der Waals surface area (Å²) >= 11 is 0. The van der Waals surface area contributed by atoms with Crippen LogP contribution in [0.4, 0.5) is 4.39 Å². The van der Waals surface area contributed by atoms with Gasteiger partial charge in [0.2, 0.25) is 0 Å². The predicted octanol–water partition coefficient (Wildman–Crippen LogP) is 11.2. The van der Waals surface area contributed by atoms with E-state index in [1.165, 1.54) is 40.6 Å². The third kappa shape index (κ3) is 5.45. The van der Waals surface area contributed by atoms with Crippen LogP contribution in [0.3, 0.4) is 0 Å². The van der Waals surface area contributed by atoms with Crippen LogP contribution in [0.15, 0.2) is 103 Å². The van der Waals surface area contributed by atoms with E-state index in [4.69, 9.17) is 9.84 Å². The lowest BCUT2D eigenvalue weighted by Gasteiger charge is -2.25. The van der Waals surface area contributed by atoms with Gasteiger partial charge in [-0.2, -0.15) is 5.10 Å². The molecule has 0 N–H and O–H groups in total. The van der Waals surface area contributed by atoms with Crippen molar-refractivity contribution in [3.05, 3.63) is 132 Å². The first-order chi connectivity index (χ1) is 22.8. The van der Waals surface area contributed by atoms with Gasteiger partial charge in [-0.1, -0.05) is 84.0 Å². The first-order valence-electron chi connectivity index (χ1n) is 16.5. The topological polar surface area (TPSA) is 44.9 Å². The highest BCUT2D eigenvalue weighted by Crippen LogP contribution is 2.44. The van der Waals surface area contributed by atoms with E-state index < -0.39 is 0 Å². The Kier molecular flexibility index (Phi) is 7.50. The number of rotatable bonds is 5. The average Bonchev–Trinajstić information content (AvgIpc) is 3.58. The van der Waals surface area contributed by atoms with E-state index in [2.05, 4.69) is 108 Å². The molecule has 0 atom stereocenters. The molecule has 5 nitrogen and oxygen atoms in total. The van der Waals surface area contributed by atoms with Gasteiger partial charge in [-0.3, -0.25) is 4.57 Å². The molecule has 3 heterocycles. The van der Waals surface area contributed by atoms with Crippen molar-refractivity contribution in [2.75, 3.05) is 0 Å². The molecule has 0 saturated heterocycles. The summed E-state index contributed by atoms with van der Waals surface area (Å²) in [6, 6.07) is 31.6. The van der Waals surface area contributed by atoms with E-state index in [1.54, 1.807) is 0 Å². The Hall–Kier alpha value is -5.23. The molecule has 0 aliphatic heterocycles. The number of hydrogen-bond donors (Lipinski definition) is 0. The maximum Gasteiger partial charge on any atom is 0.140 e. The fourth-order valence-electron chi connectivity index (χ4n) is 6.86. The maximum absolute atomic E-state index is 14.3. The lowest BCUT2D eigenvalue weighted by molar-refractivity contribution is 0.482. The van der Waals surface area contributed by atoms with Crippen molar-refractivity contribution in [3.8, 4) is 34.1 Å². The number of para-hydroxylation sites is 1. The summed E-state index contributed by atoms with van der Waals surface area (Å²) in [5.74, 6) is 1.55. The zero-order chi connectivity index (χ0) is 34.0. The summed E-state index contributed by atoms with van der Waals surface area (Å²) in [6.07, 6.45) is 1.50. The van der Waals surface area contributed by atoms with Crippen LogP contribution in [-0.2, 0) is 10.8 Å². The summed E-state index contributed by atoms with van der Waals surface area (Å²) < 4.78 is 25.0. The second kappa shape index (κ2) is 11.5. The minimum Gasteiger partial charge on any atom is -0.457 e. The Morgan fingerprint density at radius 2 is 1.33 bits per heavy atom. The average molecular weight is 637 g/mol. The molecule has 242 valence electrons. The predicted molar refractivity (Wildman–Crippen MR) is 194 cm³/mol. The molecule has 7 aromatic rings. The van der Waals surface area contributed by atoms with Gasteiger partial charge in [-0.25, -0.2) is 14.1 Å². The van der Waals surface area contributed by atoms with Gasteiger partial charge in [0.05, 0.1) is 28.1 Å². The Balaban J connectivity index is 1.36. The molecule has 0 amide bonds. The van der Waals surface area contributed by atoms with Crippen molar-refractivity contribution in [2.45, 2.75) is 66.2 Å². The number of aromatic nitrogens is 4. The quantitative estimate of drug-likeness (QED) is 0.189. The van der Waals surface area contributed by atoms with Gasteiger partial charge in [0.1, 0.15) is 23.1 Å². The Bertz CT molecular complexity index is 2310. The van der Waals surface area contributed by atoms with Crippen molar-refractivity contribution < 1.29 is 9.13 Å². The molecule has 0 bridgehead atoms. The zero-order valence-electron chi connectivity index (χ0n) is 28.9. The lowest BCUT2D eigenvalue weighted by atomic mass is 9.79. The minimum atomic E-state index is -0.334. The van der Waals surface area contributed by atoms with E-state index in [9.17, 15) is 4.39 Å². The molecule has 0 aliphatic rings. The normalized spacial score (nSPS) is 12.3. The first kappa shape index (κ1) is 31.4. The Morgan fingerprint density at radius 3 is 2.04 bits per heavy atom. The Morgan fingerprint density at radius 1 is 0.646 bits per heavy atom. The third-order valence-electron chi connectivity index (χ3n) is 8.92. The van der Waals surface area contributed by atoms with Crippen LogP contribution in [0.2, 0.25) is 0 Å². The highest BCUT2D eigenvalue weighted by Gasteiger charge is 2.34. The summed E-state index contributed by atoms with van der Waals surface area (Å²) in [6.45, 7) is 17.8. The van der Waals surface area contributed by atoms with Gasteiger partial charge in [-0.15, -0.1) is 0 Å². The highest BCUT2D eigenvalue weighted by atomic mass is 19.1. The van der Waals surface area contributed by atoms with Crippen molar-refractivity contribution in [2.24, 2.45) is 0 Å². The van der Waals surface area contributed by atoms with E-state index in [-0.39, 0.29) is 16.6 Å². The van der Waals surface area contributed by atoms with E-state index >= 15 is 0 Å². The van der Waals surface area contributed by atoms with E-state index in [0.717, 1.165) is 38.9 Å². The summed E-state index contributed by atoms with van der Waals surface area (Å²) in [7, 11) is 0. The monoisotopic (exact) mass is 636 g/mol. The fourth-order valence-corrected chi connectivity index (χ4v) is 6.86. The summed E-state index contributed by atoms with van der Waals surface area (Å²) in [5.41, 5.74) is 9.55. The lowest BCUT2D eigenvalue weighted by Crippen LogP contribution is -2.19. The molecule has 7 rings (SSSR count). The SMILES string of the molecule is Cc1cccc(C)c1-c1c(C(C)(C)C)nn(-c2cccc(Oc3ccc4c5ccccc5n(-c5cc(F)ccn5)c4c3)c2)c1C(C)(C)C. The molecule has 6 heteroatoms. The van der Waals surface area contributed by atoms with Crippen LogP contribution < -0.4 is 4.74 Å². The standard InChI is InChI=1S/C42H41FN4O/c1-26-13-11-14-27(2)37(26)38-39(41(3,4)5)45-47(40(38)42(6,7)8)29-15-12-16-30(24-29)48-31-19-20-33-32-17-9-10-18-34(32)46(35(33)25-31)36-23-28(43)21-22-44-36/h9-25H,1-8H3. The number of halogens is 1. The van der Waals surface area contributed by atoms with Crippen molar-refractivity contribution in [3.63, 3.8) is 0 Å². The molecule has 0 saturated carbocycles. The second-order valence-electron chi connectivity index (χ2n) is 14.7. The highest BCUT2D eigenvalue weighted by molar-refractivity contribution is 6.09. The van der Waals surface area contributed by atoms with Crippen molar-refractivity contribution in [1.82, 2.24) is 19.3 Å². The molecule has 0 fully saturated rings. The van der Waals surface area contributed by atoms with Crippen LogP contribution in [0, 0.1) is 19.7 Å². The minimum absolute atomic E-state index is 0.187. The van der Waals surface area contributed by atoms with Gasteiger partial charge in [0, 0.05) is 51.6 Å². The number of nitrogens with zero attached hydrogens (tertiary/aromatic N) is 4. The molecule has 3 aromatic heterocycles. The number of benzene rings is 4. The first-order valence-corrected chi connectivity index (χ1v) is 16.5. The number of aryl methyl sites for hydroxylation is 2. The number of ether oxygens (including phenoxy) is 1. The van der Waals surface area contributed by atoms with Gasteiger partial charge >= 0.3 is 0 Å². The van der Waals surface area contributed by atoms with Gasteiger partial charge < -0.3 is 4.74 Å². The van der Waals surface area contributed by atoms with Gasteiger partial charge in [-0.05, 0) is 66.9 Å². The molecular weight excluding hydrogens is 595 g/mol. The molecule has 0 aliphatic carbocycles. The largest absolute Gasteiger partial charge is 0.457 e. The van der Waals surface area contributed by atoms with E-state index in [0.29, 0.717) is 17.3 Å². The van der Waals surface area contributed by atoms with Crippen molar-refractivity contribution >= 4 is 21.8 Å². The van der Waals surface area contributed by atoms with Crippen LogP contribution in [-0.4, -0.2) is 19.3 Å². The molecule has 0 spiro atoms. The molecule has 4 aromatic carbocycles. The number of fused-ring (bicyclic) bond motifs is 3. The zero-order valence-corrected chi connectivity index (χ0v) is 28.9. The molecule has 0 unspecified atom stereocenters. The number of hydrogen-bond acceptors (Lipinski definition) is 3. The maximum atomic E-state index is 14.3. The van der Waals surface area contributed by atoms with Crippen LogP contribution >= 0.6 is 0 Å². The molecule has 0 radical (unpaired) electrons. The van der Waals surface area contributed by atoms with Crippen LogP contribution in [0.25, 0.3) is 44.4 Å². The third-order valence-corrected chi connectivity index (χ3v) is 8.92. The fraction of sp³-hybridized carbons (Fsp3) is 0.238. The van der Waals surface area contributed by atoms with Gasteiger partial charge in [0.15, 0.2) is 0 Å². The van der Waals surface area contributed by atoms with E-state index in [1.807, 2.05) is 47.0 Å². The van der Waals surface area contributed by atoms with Crippen LogP contribution in [0.5, 0.6) is 11.5 Å². The molecular formula is C42H41FN4O. The summed E-state index contributed by atoms with van der Waals surface area (Å²) in [4.78, 5) is 4.50.